The molecule has 0 bridgehead atoms. The van der Waals surface area contributed by atoms with Gasteiger partial charge in [-0.3, -0.25) is 10.2 Å². The van der Waals surface area contributed by atoms with Crippen LogP contribution in [0.5, 0.6) is 0 Å². The van der Waals surface area contributed by atoms with E-state index in [1.54, 1.807) is 0 Å². The predicted molar refractivity (Wildman–Crippen MR) is 78.8 cm³/mol. The second-order valence-corrected chi connectivity index (χ2v) is 5.57. The average Bonchev–Trinajstić information content (AvgIpc) is 2.43. The molecular weight excluding hydrogens is 236 g/mol. The summed E-state index contributed by atoms with van der Waals surface area (Å²) < 4.78 is 0. The molecule has 2 rings (SSSR count). The van der Waals surface area contributed by atoms with Crippen molar-refractivity contribution in [2.45, 2.75) is 44.9 Å². The third-order valence-electron chi connectivity index (χ3n) is 3.92. The summed E-state index contributed by atoms with van der Waals surface area (Å²) in [6.45, 7) is 6.01. The summed E-state index contributed by atoms with van der Waals surface area (Å²) in [6, 6.07) is 10.6. The van der Waals surface area contributed by atoms with Crippen LogP contribution in [0.1, 0.15) is 38.2 Å². The maximum absolute atomic E-state index is 10.4. The van der Waals surface area contributed by atoms with Gasteiger partial charge in [-0.25, -0.2) is 0 Å². The molecule has 0 atom stereocenters. The third-order valence-corrected chi connectivity index (χ3v) is 3.92. The fourth-order valence-electron chi connectivity index (χ4n) is 2.60. The maximum Gasteiger partial charge on any atom is 0.118 e. The zero-order valence-corrected chi connectivity index (χ0v) is 11.9. The van der Waals surface area contributed by atoms with Crippen molar-refractivity contribution in [2.75, 3.05) is 19.6 Å². The van der Waals surface area contributed by atoms with Gasteiger partial charge in [-0.15, -0.1) is 0 Å². The van der Waals surface area contributed by atoms with Crippen molar-refractivity contribution in [3.05, 3.63) is 35.9 Å². The number of benzene rings is 1. The van der Waals surface area contributed by atoms with Gasteiger partial charge in [0.15, 0.2) is 0 Å². The minimum atomic E-state index is -0.637. The number of likely N-dealkylation sites (tertiary alicyclic amines) is 1. The number of unbranched alkanes of at least 4 members (excludes halogenated alkanes) is 1. The lowest BCUT2D eigenvalue weighted by molar-refractivity contribution is -0.0500. The second kappa shape index (κ2) is 7.04. The van der Waals surface area contributed by atoms with Crippen LogP contribution in [0.15, 0.2) is 30.3 Å². The summed E-state index contributed by atoms with van der Waals surface area (Å²) >= 11 is 0. The van der Waals surface area contributed by atoms with Crippen molar-refractivity contribution in [1.82, 2.24) is 10.2 Å². The molecule has 0 saturated carbocycles. The minimum Gasteiger partial charge on any atom is -0.376 e. The van der Waals surface area contributed by atoms with Crippen molar-refractivity contribution in [2.24, 2.45) is 0 Å². The van der Waals surface area contributed by atoms with Gasteiger partial charge >= 0.3 is 0 Å². The number of aliphatic hydroxyl groups is 1. The molecule has 1 aromatic carbocycles. The monoisotopic (exact) mass is 262 g/mol. The van der Waals surface area contributed by atoms with Crippen molar-refractivity contribution < 1.29 is 5.11 Å². The highest BCUT2D eigenvalue weighted by Crippen LogP contribution is 2.21. The molecule has 1 aliphatic heterocycles. The van der Waals surface area contributed by atoms with E-state index in [0.717, 1.165) is 45.4 Å². The van der Waals surface area contributed by atoms with Crippen LogP contribution in [0.3, 0.4) is 0 Å². The van der Waals surface area contributed by atoms with Gasteiger partial charge in [0.25, 0.3) is 0 Å². The molecule has 0 spiro atoms. The first-order valence-electron chi connectivity index (χ1n) is 7.45. The van der Waals surface area contributed by atoms with Crippen molar-refractivity contribution in [3.8, 4) is 0 Å². The molecule has 0 aromatic heterocycles. The van der Waals surface area contributed by atoms with Crippen LogP contribution < -0.4 is 5.32 Å². The molecule has 1 saturated heterocycles. The molecule has 0 radical (unpaired) electrons. The molecule has 0 aliphatic carbocycles. The van der Waals surface area contributed by atoms with Gasteiger partial charge in [0, 0.05) is 32.5 Å². The molecule has 2 N–H and O–H groups in total. The van der Waals surface area contributed by atoms with Crippen LogP contribution in [0, 0.1) is 0 Å². The first-order valence-corrected chi connectivity index (χ1v) is 7.45. The first-order chi connectivity index (χ1) is 9.22. The Balaban J connectivity index is 1.75. The lowest BCUT2D eigenvalue weighted by atomic mass is 9.99. The highest BCUT2D eigenvalue weighted by Gasteiger charge is 2.31. The molecule has 3 heteroatoms. The van der Waals surface area contributed by atoms with Crippen molar-refractivity contribution >= 4 is 0 Å². The Morgan fingerprint density at radius 3 is 2.53 bits per heavy atom. The Bertz CT molecular complexity index is 358. The van der Waals surface area contributed by atoms with Gasteiger partial charge in [0.2, 0.25) is 0 Å². The average molecular weight is 262 g/mol. The number of rotatable bonds is 6. The van der Waals surface area contributed by atoms with E-state index in [1.807, 2.05) is 0 Å². The maximum atomic E-state index is 10.4. The molecule has 1 aliphatic rings. The summed E-state index contributed by atoms with van der Waals surface area (Å²) in [6.07, 6.45) is 3.95. The number of piperidine rings is 1. The lowest BCUT2D eigenvalue weighted by Crippen LogP contribution is -2.53. The number of hydrogen-bond acceptors (Lipinski definition) is 3. The number of nitrogens with zero attached hydrogens (tertiary/aromatic N) is 1. The molecule has 1 fully saturated rings. The second-order valence-electron chi connectivity index (χ2n) is 5.57. The molecule has 19 heavy (non-hydrogen) atoms. The van der Waals surface area contributed by atoms with E-state index in [2.05, 4.69) is 47.5 Å². The molecule has 1 heterocycles. The van der Waals surface area contributed by atoms with Gasteiger partial charge in [-0.05, 0) is 18.5 Å². The number of hydrogen-bond donors (Lipinski definition) is 2. The Morgan fingerprint density at radius 1 is 1.21 bits per heavy atom. The van der Waals surface area contributed by atoms with E-state index in [1.165, 1.54) is 12.0 Å². The summed E-state index contributed by atoms with van der Waals surface area (Å²) in [5.41, 5.74) is 0.717. The highest BCUT2D eigenvalue weighted by molar-refractivity contribution is 5.14. The lowest BCUT2D eigenvalue weighted by Gasteiger charge is -2.38. The van der Waals surface area contributed by atoms with E-state index in [0.29, 0.717) is 0 Å². The van der Waals surface area contributed by atoms with Crippen LogP contribution in [0.2, 0.25) is 0 Å². The van der Waals surface area contributed by atoms with Crippen LogP contribution >= 0.6 is 0 Å². The summed E-state index contributed by atoms with van der Waals surface area (Å²) in [4.78, 5) is 2.42. The molecule has 106 valence electrons. The van der Waals surface area contributed by atoms with E-state index in [9.17, 15) is 5.11 Å². The zero-order chi connectivity index (χ0) is 13.6. The van der Waals surface area contributed by atoms with Gasteiger partial charge in [0.1, 0.15) is 5.72 Å². The first kappa shape index (κ1) is 14.5. The van der Waals surface area contributed by atoms with Gasteiger partial charge in [0.05, 0.1) is 0 Å². The normalized spacial score (nSPS) is 19.5. The van der Waals surface area contributed by atoms with E-state index in [-0.39, 0.29) is 0 Å². The number of nitrogens with one attached hydrogen (secondary N) is 1. The highest BCUT2D eigenvalue weighted by atomic mass is 16.3. The quantitative estimate of drug-likeness (QED) is 0.610. The molecule has 3 nitrogen and oxygen atoms in total. The largest absolute Gasteiger partial charge is 0.376 e. The predicted octanol–water partition coefficient (Wildman–Crippen LogP) is 2.36. The summed E-state index contributed by atoms with van der Waals surface area (Å²) in [5.74, 6) is 0. The minimum absolute atomic E-state index is 0.637. The van der Waals surface area contributed by atoms with E-state index in [4.69, 9.17) is 0 Å². The van der Waals surface area contributed by atoms with Crippen LogP contribution in [0.4, 0.5) is 0 Å². The SMILES string of the molecule is CCCCNC1(O)CCN(Cc2ccccc2)CC1. The Morgan fingerprint density at radius 2 is 1.89 bits per heavy atom. The molecular formula is C16H26N2O. The Labute approximate surface area is 116 Å². The molecule has 1 aromatic rings. The fourth-order valence-corrected chi connectivity index (χ4v) is 2.60. The molecule has 0 amide bonds. The van der Waals surface area contributed by atoms with Gasteiger partial charge in [-0.2, -0.15) is 0 Å². The summed E-state index contributed by atoms with van der Waals surface area (Å²) in [5, 5.41) is 13.8. The van der Waals surface area contributed by atoms with Crippen molar-refractivity contribution in [3.63, 3.8) is 0 Å². The van der Waals surface area contributed by atoms with Gasteiger partial charge in [-0.1, -0.05) is 43.7 Å². The standard InChI is InChI=1S/C16H26N2O/c1-2-3-11-17-16(19)9-12-18(13-10-16)14-15-7-5-4-6-8-15/h4-8,17,19H,2-3,9-14H2,1H3. The van der Waals surface area contributed by atoms with Crippen LogP contribution in [-0.4, -0.2) is 35.4 Å². The van der Waals surface area contributed by atoms with Gasteiger partial charge < -0.3 is 5.11 Å². The Hall–Kier alpha value is -0.900. The van der Waals surface area contributed by atoms with Crippen molar-refractivity contribution in [1.29, 1.82) is 0 Å². The van der Waals surface area contributed by atoms with Crippen LogP contribution in [0.25, 0.3) is 0 Å². The fraction of sp³-hybridized carbons (Fsp3) is 0.625. The molecule has 0 unspecified atom stereocenters. The zero-order valence-electron chi connectivity index (χ0n) is 11.9. The Kier molecular flexibility index (Phi) is 5.37. The topological polar surface area (TPSA) is 35.5 Å². The van der Waals surface area contributed by atoms with Crippen LogP contribution in [-0.2, 0) is 6.54 Å². The van der Waals surface area contributed by atoms with E-state index < -0.39 is 5.72 Å². The third kappa shape index (κ3) is 4.60. The summed E-state index contributed by atoms with van der Waals surface area (Å²) in [7, 11) is 0. The smallest absolute Gasteiger partial charge is 0.118 e. The van der Waals surface area contributed by atoms with E-state index >= 15 is 0 Å².